The molecule has 0 bridgehead atoms. The predicted octanol–water partition coefficient (Wildman–Crippen LogP) is 3.64. The number of para-hydroxylation sites is 1. The first-order valence-corrected chi connectivity index (χ1v) is 5.27. The van der Waals surface area contributed by atoms with E-state index in [9.17, 15) is 4.39 Å². The second-order valence-electron chi connectivity index (χ2n) is 3.64. The number of nitrogens with zero attached hydrogens (tertiary/aromatic N) is 1. The van der Waals surface area contributed by atoms with E-state index in [-0.39, 0.29) is 5.82 Å². The zero-order valence-electron chi connectivity index (χ0n) is 9.15. The molecule has 2 aromatic rings. The van der Waals surface area contributed by atoms with Gasteiger partial charge in [0, 0.05) is 5.69 Å². The van der Waals surface area contributed by atoms with Crippen LogP contribution >= 0.6 is 0 Å². The molecule has 0 heterocycles. The predicted molar refractivity (Wildman–Crippen MR) is 65.4 cm³/mol. The van der Waals surface area contributed by atoms with Crippen molar-refractivity contribution in [1.82, 2.24) is 0 Å². The molecule has 0 aromatic heterocycles. The Kier molecular flexibility index (Phi) is 3.37. The fourth-order valence-electron chi connectivity index (χ4n) is 1.52. The Morgan fingerprint density at radius 1 is 1.06 bits per heavy atom. The second kappa shape index (κ2) is 5.13. The lowest BCUT2D eigenvalue weighted by atomic mass is 10.1. The first-order valence-electron chi connectivity index (χ1n) is 5.27. The van der Waals surface area contributed by atoms with Crippen LogP contribution in [0.25, 0.3) is 0 Å². The van der Waals surface area contributed by atoms with Crippen LogP contribution in [-0.2, 0) is 6.42 Å². The number of rotatable bonds is 3. The Bertz CT molecular complexity index is 541. The van der Waals surface area contributed by atoms with E-state index in [1.807, 2.05) is 24.3 Å². The van der Waals surface area contributed by atoms with Crippen molar-refractivity contribution in [2.75, 3.05) is 5.32 Å². The second-order valence-corrected chi connectivity index (χ2v) is 3.64. The maximum atomic E-state index is 13.4. The van der Waals surface area contributed by atoms with Crippen LogP contribution in [0.4, 0.5) is 15.8 Å². The average molecular weight is 226 g/mol. The van der Waals surface area contributed by atoms with Crippen LogP contribution in [-0.4, -0.2) is 0 Å². The Hall–Kier alpha value is -2.34. The smallest absolute Gasteiger partial charge is 0.146 e. The van der Waals surface area contributed by atoms with Crippen molar-refractivity contribution in [1.29, 1.82) is 5.26 Å². The van der Waals surface area contributed by atoms with Crippen molar-refractivity contribution >= 4 is 11.4 Å². The van der Waals surface area contributed by atoms with E-state index >= 15 is 0 Å². The average Bonchev–Trinajstić information content (AvgIpc) is 2.35. The fraction of sp³-hybridized carbons (Fsp3) is 0.0714. The highest BCUT2D eigenvalue weighted by Crippen LogP contribution is 2.19. The molecule has 0 saturated carbocycles. The van der Waals surface area contributed by atoms with Gasteiger partial charge >= 0.3 is 0 Å². The van der Waals surface area contributed by atoms with Crippen LogP contribution in [0, 0.1) is 17.1 Å². The SMILES string of the molecule is N#CCc1ccc(Nc2ccccc2F)cc1. The summed E-state index contributed by atoms with van der Waals surface area (Å²) >= 11 is 0. The summed E-state index contributed by atoms with van der Waals surface area (Å²) in [6, 6.07) is 16.0. The van der Waals surface area contributed by atoms with Gasteiger partial charge in [0.25, 0.3) is 0 Å². The van der Waals surface area contributed by atoms with Crippen LogP contribution in [0.2, 0.25) is 0 Å². The molecule has 2 rings (SSSR count). The largest absolute Gasteiger partial charge is 0.353 e. The number of hydrogen-bond donors (Lipinski definition) is 1. The Labute approximate surface area is 99.3 Å². The maximum Gasteiger partial charge on any atom is 0.146 e. The number of halogens is 1. The van der Waals surface area contributed by atoms with Crippen LogP contribution < -0.4 is 5.32 Å². The number of benzene rings is 2. The van der Waals surface area contributed by atoms with Gasteiger partial charge in [-0.2, -0.15) is 5.26 Å². The van der Waals surface area contributed by atoms with Crippen LogP contribution in [0.5, 0.6) is 0 Å². The lowest BCUT2D eigenvalue weighted by Crippen LogP contribution is -1.93. The van der Waals surface area contributed by atoms with Crippen molar-refractivity contribution in [3.8, 4) is 6.07 Å². The summed E-state index contributed by atoms with van der Waals surface area (Å²) in [5.74, 6) is -0.284. The van der Waals surface area contributed by atoms with Gasteiger partial charge in [0.05, 0.1) is 18.2 Å². The van der Waals surface area contributed by atoms with Gasteiger partial charge in [0.1, 0.15) is 5.82 Å². The first-order chi connectivity index (χ1) is 8.29. The van der Waals surface area contributed by atoms with Crippen LogP contribution in [0.1, 0.15) is 5.56 Å². The van der Waals surface area contributed by atoms with Gasteiger partial charge in [-0.15, -0.1) is 0 Å². The number of hydrogen-bond acceptors (Lipinski definition) is 2. The highest BCUT2D eigenvalue weighted by molar-refractivity contribution is 5.60. The van der Waals surface area contributed by atoms with Gasteiger partial charge < -0.3 is 5.32 Å². The molecule has 0 atom stereocenters. The number of nitriles is 1. The minimum Gasteiger partial charge on any atom is -0.353 e. The molecule has 0 fully saturated rings. The van der Waals surface area contributed by atoms with Crippen molar-refractivity contribution in [2.45, 2.75) is 6.42 Å². The summed E-state index contributed by atoms with van der Waals surface area (Å²) in [6.45, 7) is 0. The molecule has 0 aliphatic rings. The van der Waals surface area contributed by atoms with E-state index in [0.717, 1.165) is 11.3 Å². The standard InChI is InChI=1S/C14H11FN2/c15-13-3-1-2-4-14(13)17-12-7-5-11(6-8-12)9-10-16/h1-8,17H,9H2. The molecule has 0 aliphatic carbocycles. The highest BCUT2D eigenvalue weighted by Gasteiger charge is 2.00. The lowest BCUT2D eigenvalue weighted by Gasteiger charge is -2.07. The van der Waals surface area contributed by atoms with Crippen LogP contribution in [0.3, 0.4) is 0 Å². The topological polar surface area (TPSA) is 35.8 Å². The van der Waals surface area contributed by atoms with Gasteiger partial charge in [-0.3, -0.25) is 0 Å². The Balaban J connectivity index is 2.15. The third kappa shape index (κ3) is 2.82. The molecule has 0 unspecified atom stereocenters. The van der Waals surface area contributed by atoms with Gasteiger partial charge in [0.2, 0.25) is 0 Å². The minimum absolute atomic E-state index is 0.284. The molecular weight excluding hydrogens is 215 g/mol. The normalized spacial score (nSPS) is 9.65. The summed E-state index contributed by atoms with van der Waals surface area (Å²) in [5.41, 5.74) is 2.20. The summed E-state index contributed by atoms with van der Waals surface area (Å²) in [6.07, 6.45) is 0.389. The summed E-state index contributed by atoms with van der Waals surface area (Å²) in [7, 11) is 0. The molecule has 84 valence electrons. The molecule has 0 amide bonds. The molecule has 3 heteroatoms. The molecule has 0 aliphatic heterocycles. The molecule has 2 nitrogen and oxygen atoms in total. The van der Waals surface area contributed by atoms with E-state index in [1.165, 1.54) is 6.07 Å². The Morgan fingerprint density at radius 2 is 1.76 bits per heavy atom. The highest BCUT2D eigenvalue weighted by atomic mass is 19.1. The number of nitrogens with one attached hydrogen (secondary N) is 1. The minimum atomic E-state index is -0.284. The van der Waals surface area contributed by atoms with Gasteiger partial charge in [-0.25, -0.2) is 4.39 Å². The van der Waals surface area contributed by atoms with Crippen molar-refractivity contribution in [2.24, 2.45) is 0 Å². The van der Waals surface area contributed by atoms with Crippen molar-refractivity contribution < 1.29 is 4.39 Å². The van der Waals surface area contributed by atoms with Crippen molar-refractivity contribution in [3.63, 3.8) is 0 Å². The third-order valence-electron chi connectivity index (χ3n) is 2.39. The lowest BCUT2D eigenvalue weighted by molar-refractivity contribution is 0.632. The maximum absolute atomic E-state index is 13.4. The molecule has 0 radical (unpaired) electrons. The van der Waals surface area contributed by atoms with Crippen LogP contribution in [0.15, 0.2) is 48.5 Å². The molecule has 1 N–H and O–H groups in total. The molecule has 2 aromatic carbocycles. The summed E-state index contributed by atoms with van der Waals surface area (Å²) in [5, 5.41) is 11.5. The van der Waals surface area contributed by atoms with E-state index in [1.54, 1.807) is 18.2 Å². The summed E-state index contributed by atoms with van der Waals surface area (Å²) < 4.78 is 13.4. The quantitative estimate of drug-likeness (QED) is 0.867. The Morgan fingerprint density at radius 3 is 2.41 bits per heavy atom. The zero-order chi connectivity index (χ0) is 12.1. The van der Waals surface area contributed by atoms with Gasteiger partial charge in [-0.05, 0) is 29.8 Å². The van der Waals surface area contributed by atoms with Gasteiger partial charge in [-0.1, -0.05) is 24.3 Å². The molecule has 0 saturated heterocycles. The van der Waals surface area contributed by atoms with E-state index in [0.29, 0.717) is 12.1 Å². The third-order valence-corrected chi connectivity index (χ3v) is 2.39. The summed E-state index contributed by atoms with van der Waals surface area (Å²) in [4.78, 5) is 0. The molecule has 17 heavy (non-hydrogen) atoms. The fourth-order valence-corrected chi connectivity index (χ4v) is 1.52. The van der Waals surface area contributed by atoms with E-state index < -0.39 is 0 Å². The zero-order valence-corrected chi connectivity index (χ0v) is 9.15. The monoisotopic (exact) mass is 226 g/mol. The van der Waals surface area contributed by atoms with Crippen molar-refractivity contribution in [3.05, 3.63) is 59.9 Å². The van der Waals surface area contributed by atoms with Gasteiger partial charge in [0.15, 0.2) is 0 Å². The van der Waals surface area contributed by atoms with E-state index in [2.05, 4.69) is 11.4 Å². The first kappa shape index (κ1) is 11.2. The molecular formula is C14H11FN2. The van der Waals surface area contributed by atoms with E-state index in [4.69, 9.17) is 5.26 Å². The number of anilines is 2. The molecule has 0 spiro atoms.